The normalized spacial score (nSPS) is 13.8. The minimum absolute atomic E-state index is 0.0348. The summed E-state index contributed by atoms with van der Waals surface area (Å²) in [6.45, 7) is 8.01. The molecule has 0 bridgehead atoms. The maximum Gasteiger partial charge on any atom is 0.272 e. The first-order valence-electron chi connectivity index (χ1n) is 9.08. The molecule has 1 saturated heterocycles. The van der Waals surface area contributed by atoms with Crippen molar-refractivity contribution in [3.8, 4) is 0 Å². The predicted octanol–water partition coefficient (Wildman–Crippen LogP) is 3.91. The molecule has 1 aromatic carbocycles. The molecule has 5 nitrogen and oxygen atoms in total. The summed E-state index contributed by atoms with van der Waals surface area (Å²) in [7, 11) is 0. The van der Waals surface area contributed by atoms with Crippen molar-refractivity contribution in [3.05, 3.63) is 48.3 Å². The van der Waals surface area contributed by atoms with E-state index in [1.165, 1.54) is 5.69 Å². The standard InChI is InChI=1S/C20H26N4O/c1-3-23(4-2)18-10-7-16(8-11-18)22-17-9-12-19(21-15-17)20(25)24-13-5-6-14-24/h7-12,15,22H,3-6,13-14H2,1-2H3. The van der Waals surface area contributed by atoms with E-state index >= 15 is 0 Å². The highest BCUT2D eigenvalue weighted by Crippen LogP contribution is 2.21. The molecule has 1 aromatic heterocycles. The van der Waals surface area contributed by atoms with Gasteiger partial charge in [-0.3, -0.25) is 4.79 Å². The monoisotopic (exact) mass is 338 g/mol. The molecule has 0 saturated carbocycles. The molecule has 5 heteroatoms. The Bertz CT molecular complexity index is 687. The quantitative estimate of drug-likeness (QED) is 0.867. The number of amides is 1. The van der Waals surface area contributed by atoms with Gasteiger partial charge in [-0.15, -0.1) is 0 Å². The van der Waals surface area contributed by atoms with Crippen LogP contribution in [0.1, 0.15) is 37.2 Å². The molecule has 0 spiro atoms. The van der Waals surface area contributed by atoms with Crippen LogP contribution in [-0.4, -0.2) is 42.0 Å². The topological polar surface area (TPSA) is 48.5 Å². The molecule has 25 heavy (non-hydrogen) atoms. The molecule has 3 rings (SSSR count). The number of nitrogens with zero attached hydrogens (tertiary/aromatic N) is 3. The number of carbonyl (C=O) groups excluding carboxylic acids is 1. The number of nitrogens with one attached hydrogen (secondary N) is 1. The number of benzene rings is 1. The fourth-order valence-electron chi connectivity index (χ4n) is 3.19. The van der Waals surface area contributed by atoms with Crippen LogP contribution in [0, 0.1) is 0 Å². The molecule has 0 unspecified atom stereocenters. The van der Waals surface area contributed by atoms with Gasteiger partial charge in [0.15, 0.2) is 0 Å². The van der Waals surface area contributed by atoms with Gasteiger partial charge in [0.2, 0.25) is 0 Å². The number of rotatable bonds is 6. The van der Waals surface area contributed by atoms with Crippen molar-refractivity contribution < 1.29 is 4.79 Å². The van der Waals surface area contributed by atoms with Crippen molar-refractivity contribution in [2.24, 2.45) is 0 Å². The van der Waals surface area contributed by atoms with Gasteiger partial charge in [-0.05, 0) is 63.1 Å². The van der Waals surface area contributed by atoms with Gasteiger partial charge in [0.25, 0.3) is 5.91 Å². The largest absolute Gasteiger partial charge is 0.372 e. The lowest BCUT2D eigenvalue weighted by molar-refractivity contribution is 0.0787. The van der Waals surface area contributed by atoms with E-state index in [1.807, 2.05) is 11.0 Å². The Morgan fingerprint density at radius 2 is 1.68 bits per heavy atom. The van der Waals surface area contributed by atoms with E-state index < -0.39 is 0 Å². The lowest BCUT2D eigenvalue weighted by Crippen LogP contribution is -2.28. The van der Waals surface area contributed by atoms with Gasteiger partial charge in [-0.2, -0.15) is 0 Å². The average Bonchev–Trinajstić information content (AvgIpc) is 3.19. The van der Waals surface area contributed by atoms with Crippen LogP contribution in [-0.2, 0) is 0 Å². The molecule has 0 aliphatic carbocycles. The highest BCUT2D eigenvalue weighted by molar-refractivity contribution is 5.92. The van der Waals surface area contributed by atoms with Crippen molar-refractivity contribution in [1.82, 2.24) is 9.88 Å². The van der Waals surface area contributed by atoms with Gasteiger partial charge in [0.1, 0.15) is 5.69 Å². The van der Waals surface area contributed by atoms with Crippen LogP contribution in [0.2, 0.25) is 0 Å². The third-order valence-electron chi connectivity index (χ3n) is 4.66. The molecule has 0 radical (unpaired) electrons. The smallest absolute Gasteiger partial charge is 0.272 e. The number of hydrogen-bond donors (Lipinski definition) is 1. The second-order valence-electron chi connectivity index (χ2n) is 6.28. The van der Waals surface area contributed by atoms with Gasteiger partial charge >= 0.3 is 0 Å². The number of hydrogen-bond acceptors (Lipinski definition) is 4. The first-order chi connectivity index (χ1) is 12.2. The predicted molar refractivity (Wildman–Crippen MR) is 103 cm³/mol. The fraction of sp³-hybridized carbons (Fsp3) is 0.400. The molecule has 1 fully saturated rings. The Balaban J connectivity index is 1.64. The van der Waals surface area contributed by atoms with E-state index in [4.69, 9.17) is 0 Å². The molecule has 1 aliphatic heterocycles. The van der Waals surface area contributed by atoms with Crippen molar-refractivity contribution in [1.29, 1.82) is 0 Å². The van der Waals surface area contributed by atoms with Crippen LogP contribution >= 0.6 is 0 Å². The van der Waals surface area contributed by atoms with Gasteiger partial charge < -0.3 is 15.1 Å². The van der Waals surface area contributed by atoms with Gasteiger partial charge in [0, 0.05) is 37.6 Å². The molecule has 1 N–H and O–H groups in total. The summed E-state index contributed by atoms with van der Waals surface area (Å²) < 4.78 is 0. The molecule has 0 atom stereocenters. The van der Waals surface area contributed by atoms with Crippen LogP contribution in [0.5, 0.6) is 0 Å². The van der Waals surface area contributed by atoms with Crippen LogP contribution < -0.4 is 10.2 Å². The number of likely N-dealkylation sites (tertiary alicyclic amines) is 1. The average molecular weight is 338 g/mol. The summed E-state index contributed by atoms with van der Waals surface area (Å²) in [5.74, 6) is 0.0348. The van der Waals surface area contributed by atoms with Gasteiger partial charge in [-0.25, -0.2) is 4.98 Å². The lowest BCUT2D eigenvalue weighted by Gasteiger charge is -2.21. The van der Waals surface area contributed by atoms with E-state index in [0.717, 1.165) is 50.4 Å². The van der Waals surface area contributed by atoms with Crippen molar-refractivity contribution >= 4 is 23.0 Å². The Hall–Kier alpha value is -2.56. The van der Waals surface area contributed by atoms with E-state index in [9.17, 15) is 4.79 Å². The fourth-order valence-corrected chi connectivity index (χ4v) is 3.19. The molecular weight excluding hydrogens is 312 g/mol. The number of pyridine rings is 1. The molecule has 2 heterocycles. The SMILES string of the molecule is CCN(CC)c1ccc(Nc2ccc(C(=O)N3CCCC3)nc2)cc1. The maximum absolute atomic E-state index is 12.3. The first kappa shape index (κ1) is 17.3. The number of carbonyl (C=O) groups is 1. The number of aromatic nitrogens is 1. The van der Waals surface area contributed by atoms with E-state index in [0.29, 0.717) is 5.69 Å². The lowest BCUT2D eigenvalue weighted by atomic mass is 10.2. The zero-order valence-electron chi connectivity index (χ0n) is 15.0. The van der Waals surface area contributed by atoms with Gasteiger partial charge in [-0.1, -0.05) is 0 Å². The molecule has 1 amide bonds. The summed E-state index contributed by atoms with van der Waals surface area (Å²) in [4.78, 5) is 20.8. The van der Waals surface area contributed by atoms with Crippen LogP contribution in [0.25, 0.3) is 0 Å². The molecular formula is C20H26N4O. The third-order valence-corrected chi connectivity index (χ3v) is 4.66. The Kier molecular flexibility index (Phi) is 5.53. The first-order valence-corrected chi connectivity index (χ1v) is 9.08. The summed E-state index contributed by atoms with van der Waals surface area (Å²) in [5.41, 5.74) is 3.63. The zero-order valence-corrected chi connectivity index (χ0v) is 15.0. The van der Waals surface area contributed by atoms with E-state index in [1.54, 1.807) is 12.3 Å². The highest BCUT2D eigenvalue weighted by Gasteiger charge is 2.20. The molecule has 132 valence electrons. The Labute approximate surface area is 149 Å². The summed E-state index contributed by atoms with van der Waals surface area (Å²) in [6.07, 6.45) is 3.91. The van der Waals surface area contributed by atoms with Crippen LogP contribution in [0.15, 0.2) is 42.6 Å². The second-order valence-corrected chi connectivity index (χ2v) is 6.28. The van der Waals surface area contributed by atoms with Crippen molar-refractivity contribution in [2.45, 2.75) is 26.7 Å². The zero-order chi connectivity index (χ0) is 17.6. The minimum atomic E-state index is 0.0348. The number of anilines is 3. The summed E-state index contributed by atoms with van der Waals surface area (Å²) in [5, 5.41) is 3.34. The molecule has 1 aliphatic rings. The van der Waals surface area contributed by atoms with Crippen LogP contribution in [0.4, 0.5) is 17.1 Å². The molecule has 2 aromatic rings. The summed E-state index contributed by atoms with van der Waals surface area (Å²) in [6, 6.07) is 12.1. The van der Waals surface area contributed by atoms with Crippen molar-refractivity contribution in [2.75, 3.05) is 36.4 Å². The van der Waals surface area contributed by atoms with Gasteiger partial charge in [0.05, 0.1) is 11.9 Å². The Morgan fingerprint density at radius 1 is 1.04 bits per heavy atom. The summed E-state index contributed by atoms with van der Waals surface area (Å²) >= 11 is 0. The van der Waals surface area contributed by atoms with E-state index in [2.05, 4.69) is 53.3 Å². The van der Waals surface area contributed by atoms with E-state index in [-0.39, 0.29) is 5.91 Å². The van der Waals surface area contributed by atoms with Crippen LogP contribution in [0.3, 0.4) is 0 Å². The second kappa shape index (κ2) is 8.01. The van der Waals surface area contributed by atoms with Crippen molar-refractivity contribution in [3.63, 3.8) is 0 Å². The maximum atomic E-state index is 12.3. The third kappa shape index (κ3) is 4.10. The minimum Gasteiger partial charge on any atom is -0.372 e. The highest BCUT2D eigenvalue weighted by atomic mass is 16.2. The Morgan fingerprint density at radius 3 is 2.24 bits per heavy atom.